The Bertz CT molecular complexity index is 939. The number of carbonyl (C=O) groups is 2. The first-order valence-corrected chi connectivity index (χ1v) is 13.3. The molecule has 1 amide bonds. The van der Waals surface area contributed by atoms with E-state index in [0.717, 1.165) is 43.4 Å². The van der Waals surface area contributed by atoms with Crippen molar-refractivity contribution in [2.24, 2.45) is 5.92 Å². The van der Waals surface area contributed by atoms with Crippen molar-refractivity contribution in [2.45, 2.75) is 76.9 Å². The molecule has 0 spiro atoms. The molecule has 1 unspecified atom stereocenters. The van der Waals surface area contributed by atoms with Gasteiger partial charge in [-0.3, -0.25) is 4.79 Å². The average molecular weight is 484 g/mol. The van der Waals surface area contributed by atoms with Gasteiger partial charge in [0.05, 0.1) is 12.1 Å². The summed E-state index contributed by atoms with van der Waals surface area (Å²) < 4.78 is 0. The summed E-state index contributed by atoms with van der Waals surface area (Å²) in [5, 5.41) is 19.7. The largest absolute Gasteiger partial charge is 0.477 e. The molecule has 3 atom stereocenters. The van der Waals surface area contributed by atoms with E-state index < -0.39 is 12.1 Å². The van der Waals surface area contributed by atoms with Crippen LogP contribution in [0.3, 0.4) is 0 Å². The van der Waals surface area contributed by atoms with Crippen molar-refractivity contribution in [3.8, 4) is 0 Å². The monoisotopic (exact) mass is 483 g/mol. The van der Waals surface area contributed by atoms with Crippen molar-refractivity contribution in [2.75, 3.05) is 6.54 Å². The number of rotatable bonds is 14. The standard InChI is InChI=1S/C28H37NO4S/c1-21(9-4-2-5-10-22-11-6-3-7-12-22)25(30)17-14-23-15-19-27(31)29(23)20-8-13-24-16-18-26(34-24)28(32)33/h3,6-7,11-12,14,16-18,21,23,25,30H,2,4-5,8-10,13,15,19-20H2,1H3,(H,32,33)/t21-,23?,25+/m0/s1. The lowest BCUT2D eigenvalue weighted by atomic mass is 9.95. The molecule has 2 aromatic rings. The lowest BCUT2D eigenvalue weighted by molar-refractivity contribution is -0.128. The van der Waals surface area contributed by atoms with Crippen LogP contribution >= 0.6 is 11.3 Å². The fourth-order valence-electron chi connectivity index (χ4n) is 4.52. The average Bonchev–Trinajstić information content (AvgIpc) is 3.45. The Hall–Kier alpha value is -2.44. The number of likely N-dealkylation sites (tertiary alicyclic amines) is 1. The second kappa shape index (κ2) is 13.4. The van der Waals surface area contributed by atoms with Gasteiger partial charge in [0.15, 0.2) is 0 Å². The third kappa shape index (κ3) is 8.10. The van der Waals surface area contributed by atoms with Crippen LogP contribution in [0.25, 0.3) is 0 Å². The Labute approximate surface area is 207 Å². The highest BCUT2D eigenvalue weighted by Crippen LogP contribution is 2.23. The Kier molecular flexibility index (Phi) is 10.4. The Morgan fingerprint density at radius 3 is 2.65 bits per heavy atom. The van der Waals surface area contributed by atoms with E-state index in [1.807, 2.05) is 29.2 Å². The van der Waals surface area contributed by atoms with Gasteiger partial charge < -0.3 is 15.1 Å². The van der Waals surface area contributed by atoms with E-state index in [-0.39, 0.29) is 17.9 Å². The quantitative estimate of drug-likeness (QED) is 0.266. The van der Waals surface area contributed by atoms with Crippen molar-refractivity contribution < 1.29 is 19.8 Å². The summed E-state index contributed by atoms with van der Waals surface area (Å²) in [6.45, 7) is 2.75. The van der Waals surface area contributed by atoms with E-state index >= 15 is 0 Å². The van der Waals surface area contributed by atoms with Crippen LogP contribution in [-0.4, -0.2) is 45.7 Å². The molecule has 1 aromatic carbocycles. The molecule has 2 N–H and O–H groups in total. The summed E-state index contributed by atoms with van der Waals surface area (Å²) >= 11 is 1.30. The molecule has 184 valence electrons. The van der Waals surface area contributed by atoms with Crippen LogP contribution in [0.5, 0.6) is 0 Å². The van der Waals surface area contributed by atoms with Gasteiger partial charge in [0.25, 0.3) is 0 Å². The highest BCUT2D eigenvalue weighted by Gasteiger charge is 2.28. The van der Waals surface area contributed by atoms with Gasteiger partial charge >= 0.3 is 5.97 Å². The number of nitrogens with zero attached hydrogens (tertiary/aromatic N) is 1. The molecule has 6 heteroatoms. The molecule has 1 aliphatic rings. The van der Waals surface area contributed by atoms with Crippen LogP contribution < -0.4 is 0 Å². The van der Waals surface area contributed by atoms with Crippen molar-refractivity contribution in [1.82, 2.24) is 4.90 Å². The number of unbranched alkanes of at least 4 members (excludes halogenated alkanes) is 2. The fourth-order valence-corrected chi connectivity index (χ4v) is 5.41. The van der Waals surface area contributed by atoms with Gasteiger partial charge in [0.1, 0.15) is 4.88 Å². The number of carboxylic acids is 1. The summed E-state index contributed by atoms with van der Waals surface area (Å²) in [4.78, 5) is 26.7. The molecular weight excluding hydrogens is 446 g/mol. The molecule has 1 aromatic heterocycles. The SMILES string of the molecule is C[C@@H](CCCCCc1ccccc1)[C@H](O)C=CC1CCC(=O)N1CCCc1ccc(C(=O)O)s1. The van der Waals surface area contributed by atoms with Gasteiger partial charge in [-0.2, -0.15) is 0 Å². The van der Waals surface area contributed by atoms with Crippen LogP contribution in [0, 0.1) is 5.92 Å². The first kappa shape index (κ1) is 26.2. The van der Waals surface area contributed by atoms with Crippen LogP contribution in [0.15, 0.2) is 54.6 Å². The molecule has 0 aliphatic carbocycles. The van der Waals surface area contributed by atoms with E-state index in [2.05, 4.69) is 31.2 Å². The molecule has 0 radical (unpaired) electrons. The van der Waals surface area contributed by atoms with Crippen molar-refractivity contribution in [1.29, 1.82) is 0 Å². The number of hydrogen-bond acceptors (Lipinski definition) is 4. The smallest absolute Gasteiger partial charge is 0.345 e. The van der Waals surface area contributed by atoms with Gasteiger partial charge in [-0.25, -0.2) is 4.79 Å². The second-order valence-electron chi connectivity index (χ2n) is 9.31. The summed E-state index contributed by atoms with van der Waals surface area (Å²) in [7, 11) is 0. The van der Waals surface area contributed by atoms with Crippen molar-refractivity contribution in [3.05, 3.63) is 69.9 Å². The molecule has 3 rings (SSSR count). The van der Waals surface area contributed by atoms with Crippen LogP contribution in [0.1, 0.15) is 72.0 Å². The van der Waals surface area contributed by atoms with Crippen LogP contribution in [0.2, 0.25) is 0 Å². The van der Waals surface area contributed by atoms with Gasteiger partial charge in [-0.1, -0.05) is 62.2 Å². The van der Waals surface area contributed by atoms with Gasteiger partial charge in [0, 0.05) is 17.8 Å². The minimum absolute atomic E-state index is 0.0399. The normalized spacial score (nSPS) is 18.0. The maximum atomic E-state index is 12.4. The topological polar surface area (TPSA) is 77.8 Å². The van der Waals surface area contributed by atoms with E-state index in [4.69, 9.17) is 5.11 Å². The Balaban J connectivity index is 1.37. The Morgan fingerprint density at radius 2 is 1.91 bits per heavy atom. The molecule has 1 fully saturated rings. The zero-order valence-corrected chi connectivity index (χ0v) is 20.9. The number of hydrogen-bond donors (Lipinski definition) is 2. The summed E-state index contributed by atoms with van der Waals surface area (Å²) in [6.07, 6.45) is 11.8. The number of benzene rings is 1. The van der Waals surface area contributed by atoms with E-state index in [9.17, 15) is 14.7 Å². The van der Waals surface area contributed by atoms with Crippen molar-refractivity contribution >= 4 is 23.2 Å². The van der Waals surface area contributed by atoms with Crippen LogP contribution in [0.4, 0.5) is 0 Å². The number of aliphatic hydroxyl groups excluding tert-OH is 1. The molecule has 0 bridgehead atoms. The molecular formula is C28H37NO4S. The predicted octanol–water partition coefficient (Wildman–Crippen LogP) is 5.73. The highest BCUT2D eigenvalue weighted by molar-refractivity contribution is 7.13. The zero-order chi connectivity index (χ0) is 24.3. The fraction of sp³-hybridized carbons (Fsp3) is 0.500. The molecule has 1 saturated heterocycles. The molecule has 34 heavy (non-hydrogen) atoms. The minimum Gasteiger partial charge on any atom is -0.477 e. The number of aliphatic hydroxyl groups is 1. The molecule has 5 nitrogen and oxygen atoms in total. The van der Waals surface area contributed by atoms with E-state index in [0.29, 0.717) is 17.8 Å². The van der Waals surface area contributed by atoms with Crippen molar-refractivity contribution in [3.63, 3.8) is 0 Å². The zero-order valence-electron chi connectivity index (χ0n) is 20.1. The second-order valence-corrected chi connectivity index (χ2v) is 10.5. The highest BCUT2D eigenvalue weighted by atomic mass is 32.1. The lowest BCUT2D eigenvalue weighted by Crippen LogP contribution is -2.33. The van der Waals surface area contributed by atoms with Gasteiger partial charge in [-0.15, -0.1) is 11.3 Å². The first-order chi connectivity index (χ1) is 16.4. The number of thiophene rings is 1. The summed E-state index contributed by atoms with van der Waals surface area (Å²) in [5.41, 5.74) is 1.38. The summed E-state index contributed by atoms with van der Waals surface area (Å²) in [5.74, 6) is -0.537. The number of carboxylic acid groups (broad SMARTS) is 1. The number of aromatic carboxylic acids is 1. The number of amides is 1. The summed E-state index contributed by atoms with van der Waals surface area (Å²) in [6, 6.07) is 14.1. The number of carbonyl (C=O) groups excluding carboxylic acids is 1. The number of aryl methyl sites for hydroxylation is 2. The molecule has 1 aliphatic heterocycles. The Morgan fingerprint density at radius 1 is 1.12 bits per heavy atom. The maximum absolute atomic E-state index is 12.4. The maximum Gasteiger partial charge on any atom is 0.345 e. The third-order valence-corrected chi connectivity index (χ3v) is 7.78. The van der Waals surface area contributed by atoms with E-state index in [1.54, 1.807) is 6.07 Å². The molecule has 2 heterocycles. The first-order valence-electron chi connectivity index (χ1n) is 12.5. The van der Waals surface area contributed by atoms with Gasteiger partial charge in [0.2, 0.25) is 5.91 Å². The van der Waals surface area contributed by atoms with E-state index in [1.165, 1.54) is 29.7 Å². The third-order valence-electron chi connectivity index (χ3n) is 6.65. The lowest BCUT2D eigenvalue weighted by Gasteiger charge is -2.23. The molecule has 0 saturated carbocycles. The van der Waals surface area contributed by atoms with Crippen LogP contribution in [-0.2, 0) is 17.6 Å². The minimum atomic E-state index is -0.892. The predicted molar refractivity (Wildman–Crippen MR) is 137 cm³/mol. The van der Waals surface area contributed by atoms with Gasteiger partial charge in [-0.05, 0) is 62.1 Å².